The van der Waals surface area contributed by atoms with E-state index in [1.807, 2.05) is 49.4 Å². The Balaban J connectivity index is 1.52. The summed E-state index contributed by atoms with van der Waals surface area (Å²) in [5, 5.41) is 14.2. The second kappa shape index (κ2) is 14.1. The van der Waals surface area contributed by atoms with Crippen molar-refractivity contribution < 1.29 is 23.9 Å². The van der Waals surface area contributed by atoms with Crippen molar-refractivity contribution in [2.24, 2.45) is 5.41 Å². The van der Waals surface area contributed by atoms with Gasteiger partial charge in [-0.2, -0.15) is 5.10 Å². The van der Waals surface area contributed by atoms with Crippen LogP contribution in [0.3, 0.4) is 0 Å². The van der Waals surface area contributed by atoms with E-state index in [4.69, 9.17) is 9.47 Å². The molecule has 0 saturated heterocycles. The Hall–Kier alpha value is -4.84. The van der Waals surface area contributed by atoms with Gasteiger partial charge < -0.3 is 25.4 Å². The van der Waals surface area contributed by atoms with Gasteiger partial charge in [0.15, 0.2) is 6.61 Å². The number of aromatic nitrogens is 4. The van der Waals surface area contributed by atoms with Crippen LogP contribution >= 0.6 is 0 Å². The maximum atomic E-state index is 14.2. The zero-order valence-electron chi connectivity index (χ0n) is 25.0. The second-order valence-corrected chi connectivity index (χ2v) is 10.9. The molecule has 12 nitrogen and oxygen atoms in total. The van der Waals surface area contributed by atoms with Gasteiger partial charge in [-0.1, -0.05) is 30.3 Å². The number of hydrogen-bond acceptors (Lipinski definition) is 8. The van der Waals surface area contributed by atoms with Crippen LogP contribution in [0, 0.1) is 12.3 Å². The monoisotopic (exact) mass is 599 g/mol. The zero-order valence-corrected chi connectivity index (χ0v) is 25.0. The molecule has 0 radical (unpaired) electrons. The van der Waals surface area contributed by atoms with Crippen LogP contribution in [0.1, 0.15) is 40.3 Å². The number of hydrogen-bond donors (Lipinski definition) is 3. The van der Waals surface area contributed by atoms with Crippen LogP contribution in [0.25, 0.3) is 10.9 Å². The summed E-state index contributed by atoms with van der Waals surface area (Å²) in [5.41, 5.74) is 2.19. The van der Waals surface area contributed by atoms with E-state index in [1.54, 1.807) is 30.3 Å². The number of aryl methyl sites for hydroxylation is 1. The Bertz CT molecular complexity index is 1620. The molecule has 0 aliphatic carbocycles. The molecule has 4 aromatic rings. The maximum absolute atomic E-state index is 14.2. The van der Waals surface area contributed by atoms with Crippen molar-refractivity contribution in [3.05, 3.63) is 83.6 Å². The van der Waals surface area contributed by atoms with Crippen molar-refractivity contribution in [3.63, 3.8) is 0 Å². The molecule has 2 aromatic heterocycles. The number of amides is 3. The van der Waals surface area contributed by atoms with Crippen LogP contribution in [0.2, 0.25) is 0 Å². The first-order valence-electron chi connectivity index (χ1n) is 14.6. The minimum Gasteiger partial charge on any atom is -0.484 e. The molecule has 5 rings (SSSR count). The van der Waals surface area contributed by atoms with Gasteiger partial charge in [0.25, 0.3) is 11.8 Å². The van der Waals surface area contributed by atoms with Crippen LogP contribution < -0.4 is 20.7 Å². The van der Waals surface area contributed by atoms with Gasteiger partial charge in [-0.05, 0) is 49.9 Å². The number of nitrogens with zero attached hydrogens (tertiary/aromatic N) is 4. The molecule has 230 valence electrons. The van der Waals surface area contributed by atoms with Crippen LogP contribution in [0.5, 0.6) is 5.75 Å². The van der Waals surface area contributed by atoms with Crippen molar-refractivity contribution in [1.82, 2.24) is 35.7 Å². The summed E-state index contributed by atoms with van der Waals surface area (Å²) in [6, 6.07) is 14.7. The minimum atomic E-state index is -1.06. The molecule has 1 aliphatic heterocycles. The Morgan fingerprint density at radius 1 is 1.11 bits per heavy atom. The van der Waals surface area contributed by atoms with Gasteiger partial charge in [0.2, 0.25) is 5.91 Å². The van der Waals surface area contributed by atoms with Crippen LogP contribution in [-0.4, -0.2) is 70.9 Å². The molecule has 0 spiro atoms. The highest BCUT2D eigenvalue weighted by molar-refractivity contribution is 6.05. The van der Waals surface area contributed by atoms with Crippen LogP contribution in [0.4, 0.5) is 0 Å². The molecule has 3 N–H and O–H groups in total. The first-order valence-corrected chi connectivity index (χ1v) is 14.6. The number of carbonyl (C=O) groups is 3. The van der Waals surface area contributed by atoms with E-state index in [9.17, 15) is 14.4 Å². The Morgan fingerprint density at radius 3 is 2.80 bits per heavy atom. The summed E-state index contributed by atoms with van der Waals surface area (Å²) in [6.45, 7) is 2.89. The summed E-state index contributed by atoms with van der Waals surface area (Å²) in [4.78, 5) is 49.3. The second-order valence-electron chi connectivity index (χ2n) is 10.9. The third kappa shape index (κ3) is 7.38. The molecule has 2 aromatic carbocycles. The topological polar surface area (TPSA) is 149 Å². The lowest BCUT2D eigenvalue weighted by molar-refractivity contribution is -0.131. The third-order valence-corrected chi connectivity index (χ3v) is 7.65. The average molecular weight is 600 g/mol. The van der Waals surface area contributed by atoms with Gasteiger partial charge in [-0.25, -0.2) is 0 Å². The van der Waals surface area contributed by atoms with E-state index < -0.39 is 5.41 Å². The lowest BCUT2D eigenvalue weighted by atomic mass is 9.76. The van der Waals surface area contributed by atoms with E-state index in [-0.39, 0.29) is 50.5 Å². The molecular formula is C32H37N7O5. The number of benzene rings is 2. The maximum Gasteiger partial charge on any atom is 0.270 e. The molecule has 2 bridgehead atoms. The van der Waals surface area contributed by atoms with Crippen molar-refractivity contribution in [1.29, 1.82) is 0 Å². The highest BCUT2D eigenvalue weighted by Crippen LogP contribution is 2.31. The van der Waals surface area contributed by atoms with Crippen molar-refractivity contribution in [3.8, 4) is 5.75 Å². The first kappa shape index (κ1) is 30.6. The number of ether oxygens (including phenoxy) is 2. The molecule has 3 amide bonds. The third-order valence-electron chi connectivity index (χ3n) is 7.65. The predicted octanol–water partition coefficient (Wildman–Crippen LogP) is 2.35. The Kier molecular flexibility index (Phi) is 9.80. The zero-order chi connectivity index (χ0) is 30.9. The normalized spacial score (nSPS) is 17.7. The van der Waals surface area contributed by atoms with Gasteiger partial charge in [-0.15, -0.1) is 0 Å². The van der Waals surface area contributed by atoms with Gasteiger partial charge in [0, 0.05) is 38.4 Å². The fourth-order valence-corrected chi connectivity index (χ4v) is 5.39. The minimum absolute atomic E-state index is 0.0578. The fraction of sp³-hybridized carbons (Fsp3) is 0.375. The molecule has 1 atom stereocenters. The first-order chi connectivity index (χ1) is 21.4. The SMILES string of the molecule is COCCCC1(C(=O)NCc2cnc(C)cn2)CNC(=O)c2c3ccccc3nn2CCNC(=O)COc2cccc(c2)C1. The van der Waals surface area contributed by atoms with Gasteiger partial charge in [-0.3, -0.25) is 29.0 Å². The molecule has 12 heteroatoms. The Labute approximate surface area is 255 Å². The molecule has 0 fully saturated rings. The lowest BCUT2D eigenvalue weighted by Crippen LogP contribution is -2.50. The van der Waals surface area contributed by atoms with Crippen LogP contribution in [-0.2, 0) is 33.8 Å². The highest BCUT2D eigenvalue weighted by Gasteiger charge is 2.39. The average Bonchev–Trinajstić information content (AvgIpc) is 3.40. The summed E-state index contributed by atoms with van der Waals surface area (Å²) in [5.74, 6) is -0.378. The van der Waals surface area contributed by atoms with E-state index in [2.05, 4.69) is 31.0 Å². The predicted molar refractivity (Wildman–Crippen MR) is 163 cm³/mol. The summed E-state index contributed by atoms with van der Waals surface area (Å²) < 4.78 is 12.7. The Morgan fingerprint density at radius 2 is 1.98 bits per heavy atom. The number of methoxy groups -OCH3 is 1. The quantitative estimate of drug-likeness (QED) is 0.274. The van der Waals surface area contributed by atoms with E-state index in [0.29, 0.717) is 53.9 Å². The van der Waals surface area contributed by atoms with Gasteiger partial charge in [0.05, 0.1) is 41.6 Å². The van der Waals surface area contributed by atoms with Crippen molar-refractivity contribution >= 4 is 28.6 Å². The molecular weight excluding hydrogens is 562 g/mol. The summed E-state index contributed by atoms with van der Waals surface area (Å²) in [6.07, 6.45) is 4.60. The molecule has 0 saturated carbocycles. The van der Waals surface area contributed by atoms with E-state index in [0.717, 1.165) is 11.3 Å². The molecule has 1 aliphatic rings. The number of rotatable bonds is 7. The van der Waals surface area contributed by atoms with Crippen molar-refractivity contribution in [2.45, 2.75) is 39.3 Å². The standard InChI is InChI=1S/C32H37N7O5/c1-22-17-35-24(18-34-22)19-36-31(42)32(11-6-14-43-2)16-23-7-5-8-25(15-23)44-20-28(40)33-12-13-39-29(30(41)37-21-32)26-9-3-4-10-27(26)38-39/h3-5,7-10,15,17-18H,6,11-14,16,19-21H2,1-2H3,(H,33,40)(H,36,42)(H,37,41). The fourth-order valence-electron chi connectivity index (χ4n) is 5.39. The summed E-state index contributed by atoms with van der Waals surface area (Å²) in [7, 11) is 1.62. The molecule has 1 unspecified atom stereocenters. The molecule has 44 heavy (non-hydrogen) atoms. The summed E-state index contributed by atoms with van der Waals surface area (Å²) >= 11 is 0. The number of carbonyl (C=O) groups excluding carboxylic acids is 3. The van der Waals surface area contributed by atoms with Crippen molar-refractivity contribution in [2.75, 3.05) is 33.4 Å². The number of nitrogens with one attached hydrogen (secondary N) is 3. The molecule has 3 heterocycles. The lowest BCUT2D eigenvalue weighted by Gasteiger charge is -2.33. The highest BCUT2D eigenvalue weighted by atomic mass is 16.5. The van der Waals surface area contributed by atoms with E-state index >= 15 is 0 Å². The largest absolute Gasteiger partial charge is 0.484 e. The van der Waals surface area contributed by atoms with Gasteiger partial charge >= 0.3 is 0 Å². The van der Waals surface area contributed by atoms with E-state index in [1.165, 1.54) is 0 Å². The number of fused-ring (bicyclic) bond motifs is 5. The van der Waals surface area contributed by atoms with Crippen LogP contribution in [0.15, 0.2) is 60.9 Å². The smallest absolute Gasteiger partial charge is 0.270 e. The van der Waals surface area contributed by atoms with Gasteiger partial charge in [0.1, 0.15) is 11.4 Å².